The number of benzene rings is 6. The van der Waals surface area contributed by atoms with Crippen LogP contribution in [0.15, 0.2) is 157 Å². The summed E-state index contributed by atoms with van der Waals surface area (Å²) in [5.74, 6) is 7.68. The van der Waals surface area contributed by atoms with E-state index < -0.39 is 0 Å². The number of nitrogens with zero attached hydrogens (tertiary/aromatic N) is 1. The summed E-state index contributed by atoms with van der Waals surface area (Å²) in [5.41, 5.74) is 16.3. The van der Waals surface area contributed by atoms with Crippen molar-refractivity contribution in [3.63, 3.8) is 0 Å². The number of para-hydroxylation sites is 1. The first-order valence-electron chi connectivity index (χ1n) is 15.0. The van der Waals surface area contributed by atoms with Crippen LogP contribution in [0.3, 0.4) is 0 Å². The number of allylic oxidation sites excluding steroid dienone is 2. The average Bonchev–Trinajstić information content (AvgIpc) is 3.19. The van der Waals surface area contributed by atoms with Crippen LogP contribution in [0.1, 0.15) is 23.0 Å². The number of rotatable bonds is 4. The summed E-state index contributed by atoms with van der Waals surface area (Å²) in [6.45, 7) is 0. The molecule has 43 heavy (non-hydrogen) atoms. The van der Waals surface area contributed by atoms with Crippen molar-refractivity contribution in [1.82, 2.24) is 0 Å². The highest BCUT2D eigenvalue weighted by atomic mass is 15.1. The first kappa shape index (κ1) is 24.1. The number of hydrogen-bond donors (Lipinski definition) is 0. The van der Waals surface area contributed by atoms with Crippen molar-refractivity contribution >= 4 is 11.4 Å². The monoisotopic (exact) mass is 545 g/mol. The van der Waals surface area contributed by atoms with Crippen LogP contribution in [0.2, 0.25) is 0 Å². The van der Waals surface area contributed by atoms with Gasteiger partial charge in [0.25, 0.3) is 0 Å². The maximum atomic E-state index is 3.80. The summed E-state index contributed by atoms with van der Waals surface area (Å²) in [6.07, 6.45) is 2.44. The van der Waals surface area contributed by atoms with Gasteiger partial charge in [-0.05, 0) is 91.9 Å². The molecule has 0 saturated heterocycles. The van der Waals surface area contributed by atoms with Crippen molar-refractivity contribution < 1.29 is 0 Å². The maximum absolute atomic E-state index is 3.80. The van der Waals surface area contributed by atoms with Crippen LogP contribution in [-0.4, -0.2) is 0 Å². The van der Waals surface area contributed by atoms with Crippen LogP contribution in [0.5, 0.6) is 0 Å². The Morgan fingerprint density at radius 2 is 1.09 bits per heavy atom. The Morgan fingerprint density at radius 3 is 1.93 bits per heavy atom. The quantitative estimate of drug-likeness (QED) is 0.199. The normalized spacial score (nSPS) is 16.5. The van der Waals surface area contributed by atoms with Crippen molar-refractivity contribution in [3.05, 3.63) is 168 Å². The molecule has 200 valence electrons. The lowest BCUT2D eigenvalue weighted by Crippen LogP contribution is -2.21. The van der Waals surface area contributed by atoms with Gasteiger partial charge >= 0.3 is 0 Å². The highest BCUT2D eigenvalue weighted by Gasteiger charge is 2.38. The highest BCUT2D eigenvalue weighted by molar-refractivity contribution is 6.01. The van der Waals surface area contributed by atoms with E-state index in [1.165, 1.54) is 55.6 Å². The third-order valence-electron chi connectivity index (χ3n) is 9.17. The van der Waals surface area contributed by atoms with E-state index in [-0.39, 0.29) is 11.8 Å². The Kier molecular flexibility index (Phi) is 5.31. The Morgan fingerprint density at radius 1 is 0.488 bits per heavy atom. The molecule has 0 amide bonds. The molecule has 6 bridgehead atoms. The molecular formula is C42H27N. The van der Waals surface area contributed by atoms with E-state index in [0.29, 0.717) is 0 Å². The number of fused-ring (bicyclic) bond motifs is 4. The molecule has 1 heteroatoms. The van der Waals surface area contributed by atoms with Crippen LogP contribution < -0.4 is 4.90 Å². The van der Waals surface area contributed by atoms with Crippen molar-refractivity contribution in [2.45, 2.75) is 11.8 Å². The topological polar surface area (TPSA) is 3.24 Å². The summed E-state index contributed by atoms with van der Waals surface area (Å²) in [6, 6.07) is 52.6. The van der Waals surface area contributed by atoms with Gasteiger partial charge < -0.3 is 4.90 Å². The Hall–Kier alpha value is -5.58. The SMILES string of the molecule is C1#CC2c3cccc4c3-c3ccccc3-c3cccc-4c3C2C=C1N(c1ccccc1)c1cccc(-c2ccccc2)c1. The second-order valence-electron chi connectivity index (χ2n) is 11.5. The Bertz CT molecular complexity index is 2130. The predicted molar refractivity (Wildman–Crippen MR) is 178 cm³/mol. The van der Waals surface area contributed by atoms with E-state index in [4.69, 9.17) is 0 Å². The van der Waals surface area contributed by atoms with E-state index in [0.717, 1.165) is 17.1 Å². The second-order valence-corrected chi connectivity index (χ2v) is 11.5. The zero-order valence-corrected chi connectivity index (χ0v) is 23.5. The lowest BCUT2D eigenvalue weighted by atomic mass is 9.74. The van der Waals surface area contributed by atoms with Gasteiger partial charge in [0.1, 0.15) is 0 Å². The molecule has 0 radical (unpaired) electrons. The van der Waals surface area contributed by atoms with Crippen LogP contribution in [0.4, 0.5) is 11.4 Å². The molecule has 2 unspecified atom stereocenters. The molecule has 3 aliphatic carbocycles. The molecule has 0 spiro atoms. The van der Waals surface area contributed by atoms with Gasteiger partial charge in [-0.1, -0.05) is 127 Å². The van der Waals surface area contributed by atoms with Crippen molar-refractivity contribution in [2.24, 2.45) is 0 Å². The van der Waals surface area contributed by atoms with E-state index in [1.807, 2.05) is 0 Å². The lowest BCUT2D eigenvalue weighted by Gasteiger charge is -2.32. The second kappa shape index (κ2) is 9.48. The zero-order chi connectivity index (χ0) is 28.3. The molecule has 1 nitrogen and oxygen atoms in total. The van der Waals surface area contributed by atoms with Crippen molar-refractivity contribution in [3.8, 4) is 56.3 Å². The number of hydrogen-bond acceptors (Lipinski definition) is 1. The lowest BCUT2D eigenvalue weighted by molar-refractivity contribution is 0.754. The summed E-state index contributed by atoms with van der Waals surface area (Å²) in [7, 11) is 0. The molecule has 0 saturated carbocycles. The fourth-order valence-electron chi connectivity index (χ4n) is 7.34. The zero-order valence-electron chi connectivity index (χ0n) is 23.5. The molecule has 0 fully saturated rings. The number of anilines is 2. The van der Waals surface area contributed by atoms with Gasteiger partial charge in [-0.25, -0.2) is 0 Å². The van der Waals surface area contributed by atoms with Crippen molar-refractivity contribution in [2.75, 3.05) is 4.90 Å². The predicted octanol–water partition coefficient (Wildman–Crippen LogP) is 10.6. The molecule has 3 aliphatic rings. The summed E-state index contributed by atoms with van der Waals surface area (Å²) in [5, 5.41) is 0. The molecule has 0 aliphatic heterocycles. The van der Waals surface area contributed by atoms with Gasteiger partial charge in [0, 0.05) is 17.3 Å². The Labute approximate surface area is 252 Å². The van der Waals surface area contributed by atoms with E-state index >= 15 is 0 Å². The third-order valence-corrected chi connectivity index (χ3v) is 9.17. The van der Waals surface area contributed by atoms with Gasteiger partial charge in [-0.2, -0.15) is 0 Å². The summed E-state index contributed by atoms with van der Waals surface area (Å²) >= 11 is 0. The first-order chi connectivity index (χ1) is 21.3. The Balaban J connectivity index is 1.27. The molecular weight excluding hydrogens is 518 g/mol. The smallest absolute Gasteiger partial charge is 0.0936 e. The minimum absolute atomic E-state index is 0.0859. The molecule has 6 aromatic rings. The fraction of sp³-hybridized carbons (Fsp3) is 0.0476. The third kappa shape index (κ3) is 3.67. The highest BCUT2D eigenvalue weighted by Crippen LogP contribution is 2.57. The van der Waals surface area contributed by atoms with Crippen LogP contribution in [0.25, 0.3) is 44.5 Å². The fourth-order valence-corrected chi connectivity index (χ4v) is 7.34. The van der Waals surface area contributed by atoms with Gasteiger partial charge in [0.2, 0.25) is 0 Å². The molecule has 0 N–H and O–H groups in total. The molecule has 6 aromatic carbocycles. The van der Waals surface area contributed by atoms with Gasteiger partial charge in [0.15, 0.2) is 0 Å². The minimum Gasteiger partial charge on any atom is -0.303 e. The van der Waals surface area contributed by atoms with E-state index in [1.54, 1.807) is 0 Å². The molecule has 0 heterocycles. The van der Waals surface area contributed by atoms with Gasteiger partial charge in [0.05, 0.1) is 11.6 Å². The van der Waals surface area contributed by atoms with Crippen molar-refractivity contribution in [1.29, 1.82) is 0 Å². The van der Waals surface area contributed by atoms with Crippen LogP contribution >= 0.6 is 0 Å². The molecule has 9 rings (SSSR count). The largest absolute Gasteiger partial charge is 0.303 e. The summed E-state index contributed by atoms with van der Waals surface area (Å²) < 4.78 is 0. The van der Waals surface area contributed by atoms with Crippen LogP contribution in [0, 0.1) is 11.8 Å². The standard InChI is InChI=1S/C42H27N/c1-3-12-28(13-4-1)29-14-9-17-31(26-29)43(30-15-5-2-6-16-30)32-24-25-34-37-21-11-22-38-39-23-10-20-36(42(39)40(34)27-32)33-18-7-8-19-35(33)41(37)38/h1-23,26-27,34,40H. The summed E-state index contributed by atoms with van der Waals surface area (Å²) in [4.78, 5) is 2.33. The van der Waals surface area contributed by atoms with E-state index in [9.17, 15) is 0 Å². The average molecular weight is 546 g/mol. The van der Waals surface area contributed by atoms with E-state index in [2.05, 4.69) is 168 Å². The molecule has 2 atom stereocenters. The van der Waals surface area contributed by atoms with Gasteiger partial charge in [-0.15, -0.1) is 0 Å². The maximum Gasteiger partial charge on any atom is 0.0936 e. The van der Waals surface area contributed by atoms with Crippen LogP contribution in [-0.2, 0) is 0 Å². The first-order valence-corrected chi connectivity index (χ1v) is 15.0. The van der Waals surface area contributed by atoms with Gasteiger partial charge in [-0.3, -0.25) is 0 Å². The molecule has 0 aromatic heterocycles. The minimum atomic E-state index is 0.0859.